The number of unbranched alkanes of at least 4 members (excludes halogenated alkanes) is 1. The largest absolute Gasteiger partial charge is 0.372 e. The fourth-order valence-corrected chi connectivity index (χ4v) is 2.92. The molecule has 4 nitrogen and oxygen atoms in total. The maximum Gasteiger partial charge on any atom is 0.220 e. The molecule has 1 aliphatic rings. The zero-order valence-electron chi connectivity index (χ0n) is 14.3. The summed E-state index contributed by atoms with van der Waals surface area (Å²) < 4.78 is 20.1. The number of rotatable bonds is 6. The highest BCUT2D eigenvalue weighted by Gasteiger charge is 2.24. The minimum atomic E-state index is -0.244. The molecule has 1 amide bonds. The fraction of sp³-hybridized carbons (Fsp3) is 0.611. The predicted octanol–water partition coefficient (Wildman–Crippen LogP) is 3.25. The van der Waals surface area contributed by atoms with Gasteiger partial charge in [-0.3, -0.25) is 4.79 Å². The van der Waals surface area contributed by atoms with Crippen molar-refractivity contribution < 1.29 is 13.9 Å². The van der Waals surface area contributed by atoms with E-state index in [0.717, 1.165) is 18.4 Å². The predicted molar refractivity (Wildman–Crippen MR) is 90.0 cm³/mol. The molecule has 1 saturated heterocycles. The van der Waals surface area contributed by atoms with Crippen molar-refractivity contribution in [2.45, 2.75) is 58.8 Å². The highest BCUT2D eigenvalue weighted by Crippen LogP contribution is 2.24. The van der Waals surface area contributed by atoms with Gasteiger partial charge in [-0.1, -0.05) is 19.4 Å². The lowest BCUT2D eigenvalue weighted by Gasteiger charge is -2.37. The average molecular weight is 322 g/mol. The number of amides is 1. The third-order valence-electron chi connectivity index (χ3n) is 4.02. The van der Waals surface area contributed by atoms with Crippen LogP contribution in [0.25, 0.3) is 0 Å². The van der Waals surface area contributed by atoms with Gasteiger partial charge in [-0.2, -0.15) is 0 Å². The van der Waals surface area contributed by atoms with Gasteiger partial charge in [-0.05, 0) is 38.0 Å². The molecule has 0 spiro atoms. The Bertz CT molecular complexity index is 526. The maximum absolute atomic E-state index is 14.4. The summed E-state index contributed by atoms with van der Waals surface area (Å²) in [5.74, 6) is -0.223. The van der Waals surface area contributed by atoms with Crippen LogP contribution < -0.4 is 10.2 Å². The number of nitrogens with one attached hydrogen (secondary N) is 1. The Hall–Kier alpha value is -1.62. The second-order valence-electron chi connectivity index (χ2n) is 6.33. The highest BCUT2D eigenvalue weighted by atomic mass is 19.1. The van der Waals surface area contributed by atoms with Crippen LogP contribution >= 0.6 is 0 Å². The number of halogens is 1. The Labute approximate surface area is 138 Å². The molecule has 1 aliphatic heterocycles. The first-order chi connectivity index (χ1) is 11.0. The van der Waals surface area contributed by atoms with Gasteiger partial charge in [-0.25, -0.2) is 4.39 Å². The molecule has 1 aromatic carbocycles. The van der Waals surface area contributed by atoms with Gasteiger partial charge in [0.15, 0.2) is 0 Å². The number of ether oxygens (including phenoxy) is 1. The van der Waals surface area contributed by atoms with E-state index in [1.54, 1.807) is 6.07 Å². The van der Waals surface area contributed by atoms with Crippen molar-refractivity contribution in [1.29, 1.82) is 0 Å². The minimum absolute atomic E-state index is 0.0205. The van der Waals surface area contributed by atoms with Crippen molar-refractivity contribution in [2.75, 3.05) is 18.0 Å². The van der Waals surface area contributed by atoms with Crippen LogP contribution in [-0.2, 0) is 16.1 Å². The quantitative estimate of drug-likeness (QED) is 0.874. The first-order valence-corrected chi connectivity index (χ1v) is 8.45. The van der Waals surface area contributed by atoms with Crippen molar-refractivity contribution >= 4 is 11.6 Å². The van der Waals surface area contributed by atoms with Gasteiger partial charge in [0.1, 0.15) is 5.82 Å². The molecule has 0 aliphatic carbocycles. The molecule has 2 rings (SSSR count). The Morgan fingerprint density at radius 3 is 2.65 bits per heavy atom. The lowest BCUT2D eigenvalue weighted by atomic mass is 10.1. The number of hydrogen-bond acceptors (Lipinski definition) is 3. The molecule has 0 aromatic heterocycles. The van der Waals surface area contributed by atoms with E-state index in [1.165, 1.54) is 6.07 Å². The Kier molecular flexibility index (Phi) is 6.39. The van der Waals surface area contributed by atoms with Crippen LogP contribution in [0.3, 0.4) is 0 Å². The SMILES string of the molecule is CCCCC(=O)NCc1ccc(N2CC(C)OC(C)C2)c(F)c1. The first-order valence-electron chi connectivity index (χ1n) is 8.45. The Morgan fingerprint density at radius 2 is 2.04 bits per heavy atom. The summed E-state index contributed by atoms with van der Waals surface area (Å²) in [5.41, 5.74) is 1.39. The number of hydrogen-bond donors (Lipinski definition) is 1. The third-order valence-corrected chi connectivity index (χ3v) is 4.02. The fourth-order valence-electron chi connectivity index (χ4n) is 2.92. The topological polar surface area (TPSA) is 41.6 Å². The van der Waals surface area contributed by atoms with Gasteiger partial charge < -0.3 is 15.0 Å². The molecule has 1 fully saturated rings. The van der Waals surface area contributed by atoms with E-state index in [0.29, 0.717) is 31.7 Å². The first kappa shape index (κ1) is 17.7. The molecule has 5 heteroatoms. The number of morpholine rings is 1. The summed E-state index contributed by atoms with van der Waals surface area (Å²) in [6.07, 6.45) is 2.59. The second-order valence-corrected chi connectivity index (χ2v) is 6.33. The van der Waals surface area contributed by atoms with Crippen molar-refractivity contribution in [2.24, 2.45) is 0 Å². The average Bonchev–Trinajstić information content (AvgIpc) is 2.50. The molecule has 0 radical (unpaired) electrons. The van der Waals surface area contributed by atoms with Gasteiger partial charge in [0, 0.05) is 26.1 Å². The van der Waals surface area contributed by atoms with Crippen molar-refractivity contribution in [3.63, 3.8) is 0 Å². The van der Waals surface area contributed by atoms with Crippen LogP contribution in [0, 0.1) is 5.82 Å². The molecular formula is C18H27FN2O2. The van der Waals surface area contributed by atoms with Gasteiger partial charge in [0.25, 0.3) is 0 Å². The summed E-state index contributed by atoms with van der Waals surface area (Å²) >= 11 is 0. The van der Waals surface area contributed by atoms with E-state index in [1.807, 2.05) is 24.8 Å². The lowest BCUT2D eigenvalue weighted by Crippen LogP contribution is -2.45. The van der Waals surface area contributed by atoms with Crippen LogP contribution in [0.1, 0.15) is 45.6 Å². The number of nitrogens with zero attached hydrogens (tertiary/aromatic N) is 1. The van der Waals surface area contributed by atoms with Crippen LogP contribution in [-0.4, -0.2) is 31.2 Å². The van der Waals surface area contributed by atoms with Crippen LogP contribution in [0.2, 0.25) is 0 Å². The van der Waals surface area contributed by atoms with Gasteiger partial charge >= 0.3 is 0 Å². The van der Waals surface area contributed by atoms with E-state index in [4.69, 9.17) is 4.74 Å². The molecule has 0 saturated carbocycles. The number of anilines is 1. The monoisotopic (exact) mass is 322 g/mol. The smallest absolute Gasteiger partial charge is 0.220 e. The molecule has 2 atom stereocenters. The molecule has 1 heterocycles. The van der Waals surface area contributed by atoms with E-state index >= 15 is 0 Å². The third kappa shape index (κ3) is 5.20. The number of benzene rings is 1. The summed E-state index contributed by atoms with van der Waals surface area (Å²) in [4.78, 5) is 13.6. The van der Waals surface area contributed by atoms with E-state index in [-0.39, 0.29) is 23.9 Å². The normalized spacial score (nSPS) is 21.3. The Morgan fingerprint density at radius 1 is 1.35 bits per heavy atom. The summed E-state index contributed by atoms with van der Waals surface area (Å²) in [6.45, 7) is 7.80. The maximum atomic E-state index is 14.4. The lowest BCUT2D eigenvalue weighted by molar-refractivity contribution is -0.121. The van der Waals surface area contributed by atoms with Gasteiger partial charge in [0.2, 0.25) is 5.91 Å². The molecule has 23 heavy (non-hydrogen) atoms. The molecule has 1 N–H and O–H groups in total. The van der Waals surface area contributed by atoms with Crippen molar-refractivity contribution in [3.8, 4) is 0 Å². The summed E-state index contributed by atoms with van der Waals surface area (Å²) in [6, 6.07) is 5.19. The van der Waals surface area contributed by atoms with E-state index in [2.05, 4.69) is 12.2 Å². The standard InChI is InChI=1S/C18H27FN2O2/c1-4-5-6-18(22)20-10-15-7-8-17(16(19)9-15)21-11-13(2)23-14(3)12-21/h7-9,13-14H,4-6,10-12H2,1-3H3,(H,20,22). The van der Waals surface area contributed by atoms with Crippen LogP contribution in [0.15, 0.2) is 18.2 Å². The highest BCUT2D eigenvalue weighted by molar-refractivity contribution is 5.75. The van der Waals surface area contributed by atoms with E-state index in [9.17, 15) is 9.18 Å². The molecule has 0 bridgehead atoms. The van der Waals surface area contributed by atoms with E-state index < -0.39 is 0 Å². The summed E-state index contributed by atoms with van der Waals surface area (Å²) in [5, 5.41) is 2.83. The minimum Gasteiger partial charge on any atom is -0.372 e. The number of carbonyl (C=O) groups excluding carboxylic acids is 1. The number of carbonyl (C=O) groups is 1. The second kappa shape index (κ2) is 8.29. The van der Waals surface area contributed by atoms with Gasteiger partial charge in [-0.15, -0.1) is 0 Å². The molecule has 128 valence electrons. The van der Waals surface area contributed by atoms with Crippen molar-refractivity contribution in [1.82, 2.24) is 5.32 Å². The summed E-state index contributed by atoms with van der Waals surface area (Å²) in [7, 11) is 0. The Balaban J connectivity index is 1.96. The molecule has 2 unspecified atom stereocenters. The zero-order chi connectivity index (χ0) is 16.8. The molecular weight excluding hydrogens is 295 g/mol. The van der Waals surface area contributed by atoms with Crippen LogP contribution in [0.4, 0.5) is 10.1 Å². The molecule has 1 aromatic rings. The zero-order valence-corrected chi connectivity index (χ0v) is 14.3. The van der Waals surface area contributed by atoms with Gasteiger partial charge in [0.05, 0.1) is 17.9 Å². The van der Waals surface area contributed by atoms with Crippen molar-refractivity contribution in [3.05, 3.63) is 29.6 Å². The van der Waals surface area contributed by atoms with Crippen LogP contribution in [0.5, 0.6) is 0 Å².